The molecule has 1 aliphatic rings. The van der Waals surface area contributed by atoms with E-state index >= 15 is 0 Å². The van der Waals surface area contributed by atoms with Crippen LogP contribution in [0.5, 0.6) is 0 Å². The summed E-state index contributed by atoms with van der Waals surface area (Å²) in [6.45, 7) is 1.07. The number of nitrogens with two attached hydrogens (primary N) is 2. The van der Waals surface area contributed by atoms with Crippen LogP contribution >= 0.6 is 11.3 Å². The Labute approximate surface area is 204 Å². The molecule has 0 radical (unpaired) electrons. The first kappa shape index (κ1) is 23.9. The Morgan fingerprint density at radius 3 is 2.32 bits per heavy atom. The van der Waals surface area contributed by atoms with E-state index in [0.717, 1.165) is 36.1 Å². The molecule has 178 valence electrons. The van der Waals surface area contributed by atoms with E-state index in [9.17, 15) is 9.59 Å². The summed E-state index contributed by atoms with van der Waals surface area (Å²) in [4.78, 5) is 32.4. The summed E-state index contributed by atoms with van der Waals surface area (Å²) in [6, 6.07) is 18.4. The van der Waals surface area contributed by atoms with E-state index in [2.05, 4.69) is 10.3 Å². The number of carbonyl (C=O) groups is 2. The Morgan fingerprint density at radius 2 is 1.74 bits per heavy atom. The third-order valence-corrected chi connectivity index (χ3v) is 7.00. The van der Waals surface area contributed by atoms with Gasteiger partial charge in [-0.2, -0.15) is 0 Å². The van der Waals surface area contributed by atoms with Gasteiger partial charge in [-0.05, 0) is 36.8 Å². The Kier molecular flexibility index (Phi) is 7.92. The van der Waals surface area contributed by atoms with Crippen molar-refractivity contribution in [1.82, 2.24) is 15.2 Å². The second-order valence-electron chi connectivity index (χ2n) is 8.59. The molecule has 7 nitrogen and oxygen atoms in total. The van der Waals surface area contributed by atoms with E-state index in [1.807, 2.05) is 66.0 Å². The topological polar surface area (TPSA) is 114 Å². The Balaban J connectivity index is 1.41. The minimum Gasteiger partial charge on any atom is -0.375 e. The second-order valence-corrected chi connectivity index (χ2v) is 9.48. The number of rotatable bonds is 9. The first-order valence-electron chi connectivity index (χ1n) is 11.7. The number of amides is 2. The molecule has 1 aliphatic heterocycles. The lowest BCUT2D eigenvalue weighted by Crippen LogP contribution is -2.53. The predicted octanol–water partition coefficient (Wildman–Crippen LogP) is 2.92. The van der Waals surface area contributed by atoms with Gasteiger partial charge < -0.3 is 21.7 Å². The fraction of sp³-hybridized carbons (Fsp3) is 0.346. The average molecular weight is 478 g/mol. The van der Waals surface area contributed by atoms with Gasteiger partial charge in [-0.1, -0.05) is 60.7 Å². The van der Waals surface area contributed by atoms with Crippen molar-refractivity contribution in [3.05, 3.63) is 82.9 Å². The minimum atomic E-state index is -0.784. The van der Waals surface area contributed by atoms with E-state index in [1.54, 1.807) is 4.90 Å². The zero-order valence-electron chi connectivity index (χ0n) is 19.1. The van der Waals surface area contributed by atoms with E-state index < -0.39 is 12.1 Å². The fourth-order valence-corrected chi connectivity index (χ4v) is 5.20. The van der Waals surface area contributed by atoms with Gasteiger partial charge in [0.15, 0.2) is 5.13 Å². The van der Waals surface area contributed by atoms with Crippen molar-refractivity contribution in [1.29, 1.82) is 0 Å². The van der Waals surface area contributed by atoms with Crippen LogP contribution in [0.15, 0.2) is 66.0 Å². The summed E-state index contributed by atoms with van der Waals surface area (Å²) >= 11 is 1.42. The number of benzene rings is 2. The lowest BCUT2D eigenvalue weighted by Gasteiger charge is -2.31. The van der Waals surface area contributed by atoms with Gasteiger partial charge in [-0.15, -0.1) is 11.3 Å². The number of aromatic nitrogens is 1. The molecule has 2 heterocycles. The lowest BCUT2D eigenvalue weighted by atomic mass is 9.84. The van der Waals surface area contributed by atoms with E-state index in [1.165, 1.54) is 11.3 Å². The molecule has 8 heteroatoms. The number of hydrogen-bond acceptors (Lipinski definition) is 6. The SMILES string of the molecule is Nc1nc(CCCNC(=O)[C@@H]2CCCN2C(=O)[C@H](N)C(c2ccccc2)c2ccccc2)cs1. The molecule has 0 bridgehead atoms. The molecule has 0 unspecified atom stereocenters. The molecular formula is C26H31N5O2S. The number of aryl methyl sites for hydroxylation is 1. The van der Waals surface area contributed by atoms with Gasteiger partial charge in [0.05, 0.1) is 11.7 Å². The second kappa shape index (κ2) is 11.3. The quantitative estimate of drug-likeness (QED) is 0.410. The van der Waals surface area contributed by atoms with Crippen LogP contribution in [0.2, 0.25) is 0 Å². The highest BCUT2D eigenvalue weighted by atomic mass is 32.1. The largest absolute Gasteiger partial charge is 0.375 e. The fourth-order valence-electron chi connectivity index (χ4n) is 4.60. The van der Waals surface area contributed by atoms with Crippen LogP contribution in [0.1, 0.15) is 42.0 Å². The summed E-state index contributed by atoms with van der Waals surface area (Å²) in [5.41, 5.74) is 15.2. The summed E-state index contributed by atoms with van der Waals surface area (Å²) in [5.74, 6) is -0.593. The molecule has 2 amide bonds. The summed E-state index contributed by atoms with van der Waals surface area (Å²) in [5, 5.41) is 5.48. The van der Waals surface area contributed by atoms with Crippen LogP contribution in [0.25, 0.3) is 0 Å². The van der Waals surface area contributed by atoms with Gasteiger partial charge in [0, 0.05) is 24.4 Å². The van der Waals surface area contributed by atoms with E-state index in [4.69, 9.17) is 11.5 Å². The number of carbonyl (C=O) groups excluding carboxylic acids is 2. The highest BCUT2D eigenvalue weighted by molar-refractivity contribution is 7.13. The molecule has 2 aromatic carbocycles. The van der Waals surface area contributed by atoms with Gasteiger partial charge in [0.1, 0.15) is 6.04 Å². The molecule has 34 heavy (non-hydrogen) atoms. The summed E-state index contributed by atoms with van der Waals surface area (Å²) < 4.78 is 0. The molecule has 2 atom stereocenters. The number of nitrogen functional groups attached to an aromatic ring is 1. The third-order valence-electron chi connectivity index (χ3n) is 6.28. The van der Waals surface area contributed by atoms with Gasteiger partial charge >= 0.3 is 0 Å². The van der Waals surface area contributed by atoms with Crippen LogP contribution in [-0.4, -0.2) is 46.9 Å². The van der Waals surface area contributed by atoms with Gasteiger partial charge in [-0.25, -0.2) is 4.98 Å². The minimum absolute atomic E-state index is 0.119. The standard InChI is InChI=1S/C26H31N5O2S/c27-23(22(18-9-3-1-4-10-18)19-11-5-2-6-12-19)25(33)31-16-8-14-21(31)24(32)29-15-7-13-20-17-34-26(28)30-20/h1-6,9-12,17,21-23H,7-8,13-16,27H2,(H2,28,30)(H,29,32)/t21-,23+/m0/s1. The van der Waals surface area contributed by atoms with Crippen molar-refractivity contribution >= 4 is 28.3 Å². The van der Waals surface area contributed by atoms with Crippen molar-refractivity contribution in [2.45, 2.75) is 43.7 Å². The first-order valence-corrected chi connectivity index (χ1v) is 12.6. The molecule has 1 fully saturated rings. The number of likely N-dealkylation sites (tertiary alicyclic amines) is 1. The number of hydrogen-bond donors (Lipinski definition) is 3. The monoisotopic (exact) mass is 477 g/mol. The van der Waals surface area contributed by atoms with Gasteiger partial charge in [0.25, 0.3) is 0 Å². The third kappa shape index (κ3) is 5.63. The molecule has 0 saturated carbocycles. The van der Waals surface area contributed by atoms with Crippen LogP contribution < -0.4 is 16.8 Å². The normalized spacial score (nSPS) is 16.5. The maximum atomic E-state index is 13.6. The molecule has 5 N–H and O–H groups in total. The predicted molar refractivity (Wildman–Crippen MR) is 135 cm³/mol. The Morgan fingerprint density at radius 1 is 1.09 bits per heavy atom. The molecule has 3 aromatic rings. The Hall–Kier alpha value is -3.23. The van der Waals surface area contributed by atoms with Crippen LogP contribution in [-0.2, 0) is 16.0 Å². The zero-order chi connectivity index (χ0) is 23.9. The number of thiazole rings is 1. The summed E-state index contributed by atoms with van der Waals surface area (Å²) in [6.07, 6.45) is 2.95. The van der Waals surface area contributed by atoms with Crippen molar-refractivity contribution in [2.75, 3.05) is 18.8 Å². The highest BCUT2D eigenvalue weighted by Gasteiger charge is 2.39. The zero-order valence-corrected chi connectivity index (χ0v) is 19.9. The van der Waals surface area contributed by atoms with Crippen molar-refractivity contribution in [2.24, 2.45) is 5.73 Å². The smallest absolute Gasteiger partial charge is 0.242 e. The molecular weight excluding hydrogens is 446 g/mol. The Bertz CT molecular complexity index is 1050. The maximum Gasteiger partial charge on any atom is 0.242 e. The van der Waals surface area contributed by atoms with E-state index in [0.29, 0.717) is 24.6 Å². The average Bonchev–Trinajstić information content (AvgIpc) is 3.52. The van der Waals surface area contributed by atoms with Crippen molar-refractivity contribution < 1.29 is 9.59 Å². The highest BCUT2D eigenvalue weighted by Crippen LogP contribution is 2.30. The first-order chi connectivity index (χ1) is 16.5. The maximum absolute atomic E-state index is 13.6. The number of anilines is 1. The number of nitrogens with one attached hydrogen (secondary N) is 1. The number of nitrogens with zero attached hydrogens (tertiary/aromatic N) is 2. The van der Waals surface area contributed by atoms with Gasteiger partial charge in [0.2, 0.25) is 11.8 Å². The van der Waals surface area contributed by atoms with Gasteiger partial charge in [-0.3, -0.25) is 9.59 Å². The van der Waals surface area contributed by atoms with E-state index in [-0.39, 0.29) is 17.7 Å². The van der Waals surface area contributed by atoms with Crippen LogP contribution in [0.4, 0.5) is 5.13 Å². The molecule has 1 saturated heterocycles. The molecule has 0 aliphatic carbocycles. The van der Waals surface area contributed by atoms with Crippen molar-refractivity contribution in [3.63, 3.8) is 0 Å². The lowest BCUT2D eigenvalue weighted by molar-refractivity contribution is -0.139. The van der Waals surface area contributed by atoms with Crippen molar-refractivity contribution in [3.8, 4) is 0 Å². The van der Waals surface area contributed by atoms with Crippen LogP contribution in [0.3, 0.4) is 0 Å². The summed E-state index contributed by atoms with van der Waals surface area (Å²) in [7, 11) is 0. The molecule has 1 aromatic heterocycles. The molecule has 0 spiro atoms. The molecule has 4 rings (SSSR count). The van der Waals surface area contributed by atoms with Crippen LogP contribution in [0, 0.1) is 0 Å².